The van der Waals surface area contributed by atoms with Crippen molar-refractivity contribution in [3.05, 3.63) is 101 Å². The number of amides is 1. The van der Waals surface area contributed by atoms with Crippen LogP contribution in [-0.2, 0) is 4.79 Å². The Morgan fingerprint density at radius 3 is 2.57 bits per heavy atom. The van der Waals surface area contributed by atoms with Crippen LogP contribution >= 0.6 is 11.6 Å². The van der Waals surface area contributed by atoms with E-state index in [9.17, 15) is 4.79 Å². The Labute approximate surface area is 208 Å². The Balaban J connectivity index is 1.32. The lowest BCUT2D eigenvalue weighted by Crippen LogP contribution is -2.08. The normalized spacial score (nSPS) is 11.5. The van der Waals surface area contributed by atoms with E-state index in [4.69, 9.17) is 20.4 Å². The van der Waals surface area contributed by atoms with Gasteiger partial charge in [-0.15, -0.1) is 0 Å². The summed E-state index contributed by atoms with van der Waals surface area (Å²) in [5.41, 5.74) is 4.85. The van der Waals surface area contributed by atoms with E-state index in [1.165, 1.54) is 11.6 Å². The fourth-order valence-corrected chi connectivity index (χ4v) is 3.88. The van der Waals surface area contributed by atoms with Gasteiger partial charge in [-0.2, -0.15) is 0 Å². The Hall–Kier alpha value is -4.09. The topological polar surface area (TPSA) is 68.3 Å². The van der Waals surface area contributed by atoms with Crippen molar-refractivity contribution in [2.24, 2.45) is 0 Å². The molecular formula is C29H23ClN2O3. The average molecular weight is 483 g/mol. The largest absolute Gasteiger partial charge is 0.457 e. The molecule has 0 atom stereocenters. The highest BCUT2D eigenvalue weighted by atomic mass is 35.5. The zero-order valence-electron chi connectivity index (χ0n) is 19.3. The molecule has 1 N–H and O–H groups in total. The van der Waals surface area contributed by atoms with Crippen LogP contribution in [0.3, 0.4) is 0 Å². The first-order chi connectivity index (χ1) is 17.0. The first kappa shape index (κ1) is 22.7. The molecule has 0 bridgehead atoms. The molecule has 0 aliphatic carbocycles. The number of aromatic nitrogens is 1. The summed E-state index contributed by atoms with van der Waals surface area (Å²) >= 11 is 6.34. The molecule has 0 saturated carbocycles. The zero-order valence-corrected chi connectivity index (χ0v) is 20.0. The minimum Gasteiger partial charge on any atom is -0.457 e. The predicted molar refractivity (Wildman–Crippen MR) is 140 cm³/mol. The third kappa shape index (κ3) is 5.05. The third-order valence-corrected chi connectivity index (χ3v) is 5.96. The molecule has 6 heteroatoms. The van der Waals surface area contributed by atoms with Crippen LogP contribution in [0.5, 0.6) is 0 Å². The molecule has 2 heterocycles. The van der Waals surface area contributed by atoms with Gasteiger partial charge in [0.2, 0.25) is 11.8 Å². The van der Waals surface area contributed by atoms with Gasteiger partial charge >= 0.3 is 0 Å². The van der Waals surface area contributed by atoms with Crippen LogP contribution in [0.2, 0.25) is 5.02 Å². The number of nitrogens with zero attached hydrogens (tertiary/aromatic N) is 1. The summed E-state index contributed by atoms with van der Waals surface area (Å²) in [6, 6.07) is 24.8. The number of carbonyl (C=O) groups excluding carboxylic acids is 1. The summed E-state index contributed by atoms with van der Waals surface area (Å²) in [5, 5.41) is 3.23. The molecule has 0 saturated heterocycles. The number of nitrogens with one attached hydrogen (secondary N) is 1. The van der Waals surface area contributed by atoms with Gasteiger partial charge in [0.15, 0.2) is 5.58 Å². The number of fused-ring (bicyclic) bond motifs is 1. The number of hydrogen-bond donors (Lipinski definition) is 1. The maximum atomic E-state index is 12.6. The smallest absolute Gasteiger partial charge is 0.248 e. The van der Waals surface area contributed by atoms with Gasteiger partial charge in [0.05, 0.1) is 10.7 Å². The van der Waals surface area contributed by atoms with Gasteiger partial charge in [0.25, 0.3) is 0 Å². The standard InChI is InChI=1S/C29H23ClN2O3/c1-18(2)20-9-13-27-25(16-20)32-29(35-27)21-8-12-23(30)24(17-21)31-28(33)15-11-22-10-14-26(34-22)19-6-4-3-5-7-19/h3-18H,1-2H3,(H,31,33)/b15-11+. The lowest BCUT2D eigenvalue weighted by Gasteiger charge is -2.06. The number of halogens is 1. The van der Waals surface area contributed by atoms with Crippen molar-refractivity contribution in [3.8, 4) is 22.8 Å². The molecule has 0 aliphatic rings. The van der Waals surface area contributed by atoms with Gasteiger partial charge in [-0.1, -0.05) is 61.8 Å². The molecule has 0 fully saturated rings. The molecule has 5 nitrogen and oxygen atoms in total. The highest BCUT2D eigenvalue weighted by Gasteiger charge is 2.13. The van der Waals surface area contributed by atoms with Crippen molar-refractivity contribution in [2.45, 2.75) is 19.8 Å². The van der Waals surface area contributed by atoms with Crippen molar-refractivity contribution >= 4 is 40.4 Å². The van der Waals surface area contributed by atoms with E-state index in [0.29, 0.717) is 33.9 Å². The van der Waals surface area contributed by atoms with Gasteiger partial charge in [0.1, 0.15) is 17.0 Å². The first-order valence-corrected chi connectivity index (χ1v) is 11.7. The third-order valence-electron chi connectivity index (χ3n) is 5.63. The number of anilines is 1. The molecule has 0 aliphatic heterocycles. The highest BCUT2D eigenvalue weighted by molar-refractivity contribution is 6.34. The van der Waals surface area contributed by atoms with Crippen molar-refractivity contribution in [3.63, 3.8) is 0 Å². The van der Waals surface area contributed by atoms with Crippen molar-refractivity contribution in [2.75, 3.05) is 5.32 Å². The second-order valence-electron chi connectivity index (χ2n) is 8.49. The second kappa shape index (κ2) is 9.65. The molecule has 174 valence electrons. The van der Waals surface area contributed by atoms with E-state index in [2.05, 4.69) is 24.1 Å². The van der Waals surface area contributed by atoms with Crippen molar-refractivity contribution in [1.29, 1.82) is 0 Å². The molecule has 0 radical (unpaired) electrons. The van der Waals surface area contributed by atoms with Gasteiger partial charge in [0, 0.05) is 17.2 Å². The highest BCUT2D eigenvalue weighted by Crippen LogP contribution is 2.31. The Bertz CT molecular complexity index is 1530. The summed E-state index contributed by atoms with van der Waals surface area (Å²) in [6.07, 6.45) is 3.02. The number of oxazole rings is 1. The SMILES string of the molecule is CC(C)c1ccc2oc(-c3ccc(Cl)c(NC(=O)/C=C/c4ccc(-c5ccccc5)o4)c3)nc2c1. The molecule has 1 amide bonds. The van der Waals surface area contributed by atoms with E-state index in [-0.39, 0.29) is 5.91 Å². The quantitative estimate of drug-likeness (QED) is 0.248. The molecule has 5 rings (SSSR count). The summed E-state index contributed by atoms with van der Waals surface area (Å²) < 4.78 is 11.7. The van der Waals surface area contributed by atoms with E-state index >= 15 is 0 Å². The van der Waals surface area contributed by atoms with Gasteiger partial charge < -0.3 is 14.2 Å². The number of hydrogen-bond acceptors (Lipinski definition) is 4. The Kier molecular flexibility index (Phi) is 6.25. The number of benzene rings is 3. The maximum absolute atomic E-state index is 12.6. The van der Waals surface area contributed by atoms with Crippen LogP contribution in [0.15, 0.2) is 93.8 Å². The summed E-state index contributed by atoms with van der Waals surface area (Å²) in [7, 11) is 0. The lowest BCUT2D eigenvalue weighted by atomic mass is 10.0. The van der Waals surface area contributed by atoms with E-state index in [1.807, 2.05) is 66.7 Å². The maximum Gasteiger partial charge on any atom is 0.248 e. The molecule has 0 spiro atoms. The van der Waals surface area contributed by atoms with Crippen LogP contribution < -0.4 is 5.32 Å². The average Bonchev–Trinajstić information content (AvgIpc) is 3.51. The molecule has 5 aromatic rings. The number of furan rings is 1. The monoisotopic (exact) mass is 482 g/mol. The fraction of sp³-hybridized carbons (Fsp3) is 0.103. The number of rotatable bonds is 6. The minimum absolute atomic E-state index is 0.333. The van der Waals surface area contributed by atoms with E-state index in [0.717, 1.165) is 22.4 Å². The van der Waals surface area contributed by atoms with Crippen LogP contribution in [-0.4, -0.2) is 10.9 Å². The van der Waals surface area contributed by atoms with Crippen molar-refractivity contribution < 1.29 is 13.6 Å². The van der Waals surface area contributed by atoms with Crippen LogP contribution in [0.25, 0.3) is 40.0 Å². The van der Waals surface area contributed by atoms with Crippen LogP contribution in [0.1, 0.15) is 31.1 Å². The van der Waals surface area contributed by atoms with E-state index < -0.39 is 0 Å². The summed E-state index contributed by atoms with van der Waals surface area (Å²) in [5.74, 6) is 1.84. The van der Waals surface area contributed by atoms with Crippen LogP contribution in [0.4, 0.5) is 5.69 Å². The summed E-state index contributed by atoms with van der Waals surface area (Å²) in [6.45, 7) is 4.28. The minimum atomic E-state index is -0.333. The number of carbonyl (C=O) groups is 1. The molecule has 2 aromatic heterocycles. The van der Waals surface area contributed by atoms with E-state index in [1.54, 1.807) is 18.2 Å². The Morgan fingerprint density at radius 2 is 1.77 bits per heavy atom. The van der Waals surface area contributed by atoms with Gasteiger partial charge in [-0.25, -0.2) is 4.98 Å². The summed E-state index contributed by atoms with van der Waals surface area (Å²) in [4.78, 5) is 17.2. The van der Waals surface area contributed by atoms with Crippen molar-refractivity contribution in [1.82, 2.24) is 4.98 Å². The predicted octanol–water partition coefficient (Wildman–Crippen LogP) is 8.18. The fourth-order valence-electron chi connectivity index (χ4n) is 3.71. The molecule has 35 heavy (non-hydrogen) atoms. The van der Waals surface area contributed by atoms with Gasteiger partial charge in [-0.3, -0.25) is 4.79 Å². The molecule has 3 aromatic carbocycles. The van der Waals surface area contributed by atoms with Gasteiger partial charge in [-0.05, 0) is 60.0 Å². The second-order valence-corrected chi connectivity index (χ2v) is 8.89. The molecular weight excluding hydrogens is 460 g/mol. The lowest BCUT2D eigenvalue weighted by molar-refractivity contribution is -0.111. The first-order valence-electron chi connectivity index (χ1n) is 11.3. The zero-order chi connectivity index (χ0) is 24.4. The molecule has 0 unspecified atom stereocenters. The Morgan fingerprint density at radius 1 is 0.943 bits per heavy atom. The van der Waals surface area contributed by atoms with Crippen LogP contribution in [0, 0.1) is 0 Å².